The third kappa shape index (κ3) is 6.01. The highest BCUT2D eigenvalue weighted by atomic mass is 16.5. The number of nitrogens with zero attached hydrogens (tertiary/aromatic N) is 3. The monoisotopic (exact) mass is 485 g/mol. The molecule has 8 nitrogen and oxygen atoms in total. The number of benzene rings is 2. The number of hydrogen-bond acceptors (Lipinski definition) is 6. The lowest BCUT2D eigenvalue weighted by Crippen LogP contribution is -2.37. The van der Waals surface area contributed by atoms with Crippen LogP contribution in [0.25, 0.3) is 11.0 Å². The van der Waals surface area contributed by atoms with Crippen LogP contribution in [0.3, 0.4) is 0 Å². The van der Waals surface area contributed by atoms with E-state index < -0.39 is 0 Å². The zero-order valence-electron chi connectivity index (χ0n) is 20.5. The van der Waals surface area contributed by atoms with Gasteiger partial charge in [-0.25, -0.2) is 9.97 Å². The molecular weight excluding hydrogens is 454 g/mol. The van der Waals surface area contributed by atoms with Gasteiger partial charge in [-0.05, 0) is 68.6 Å². The van der Waals surface area contributed by atoms with Crippen LogP contribution in [0.5, 0.6) is 17.4 Å². The van der Waals surface area contributed by atoms with Crippen molar-refractivity contribution < 1.29 is 14.3 Å². The Balaban J connectivity index is 1.27. The van der Waals surface area contributed by atoms with Gasteiger partial charge < -0.3 is 19.8 Å². The first-order valence-corrected chi connectivity index (χ1v) is 12.4. The molecule has 2 N–H and O–H groups in total. The second-order valence-corrected chi connectivity index (χ2v) is 9.12. The first-order chi connectivity index (χ1) is 17.6. The first-order valence-electron chi connectivity index (χ1n) is 12.4. The van der Waals surface area contributed by atoms with E-state index in [1.807, 2.05) is 55.5 Å². The van der Waals surface area contributed by atoms with E-state index in [1.54, 1.807) is 6.20 Å². The summed E-state index contributed by atoms with van der Waals surface area (Å²) in [6, 6.07) is 17.6. The SMILES string of the molecule is Cc1ccc2nc(CNC(=O)CN3CCCCCOc4ccccc4Oc4ncccc4C3)[nH]c2c1. The van der Waals surface area contributed by atoms with Gasteiger partial charge in [0.2, 0.25) is 11.8 Å². The summed E-state index contributed by atoms with van der Waals surface area (Å²) in [5, 5.41) is 3.01. The van der Waals surface area contributed by atoms with Crippen molar-refractivity contribution in [2.75, 3.05) is 19.7 Å². The van der Waals surface area contributed by atoms with Gasteiger partial charge in [0.05, 0.1) is 30.7 Å². The number of para-hydroxylation sites is 2. The molecule has 36 heavy (non-hydrogen) atoms. The Kier molecular flexibility index (Phi) is 7.42. The Morgan fingerprint density at radius 2 is 1.97 bits per heavy atom. The van der Waals surface area contributed by atoms with E-state index in [4.69, 9.17) is 9.47 Å². The van der Waals surface area contributed by atoms with Gasteiger partial charge in [-0.15, -0.1) is 0 Å². The lowest BCUT2D eigenvalue weighted by atomic mass is 10.2. The topological polar surface area (TPSA) is 92.4 Å². The smallest absolute Gasteiger partial charge is 0.234 e. The molecule has 2 aromatic carbocycles. The second kappa shape index (κ2) is 11.2. The van der Waals surface area contributed by atoms with E-state index in [0.29, 0.717) is 37.1 Å². The highest BCUT2D eigenvalue weighted by Crippen LogP contribution is 2.32. The van der Waals surface area contributed by atoms with Crippen molar-refractivity contribution in [1.82, 2.24) is 25.2 Å². The molecule has 0 unspecified atom stereocenters. The molecule has 1 aliphatic heterocycles. The summed E-state index contributed by atoms with van der Waals surface area (Å²) in [6.07, 6.45) is 4.63. The largest absolute Gasteiger partial charge is 0.490 e. The van der Waals surface area contributed by atoms with Crippen molar-refractivity contribution in [1.29, 1.82) is 0 Å². The van der Waals surface area contributed by atoms with E-state index in [-0.39, 0.29) is 12.5 Å². The minimum Gasteiger partial charge on any atom is -0.490 e. The van der Waals surface area contributed by atoms with E-state index in [9.17, 15) is 4.79 Å². The summed E-state index contributed by atoms with van der Waals surface area (Å²) in [6.45, 7) is 4.65. The maximum atomic E-state index is 12.9. The minimum absolute atomic E-state index is 0.0454. The minimum atomic E-state index is -0.0454. The highest BCUT2D eigenvalue weighted by Gasteiger charge is 2.17. The molecule has 0 bridgehead atoms. The molecule has 0 aliphatic carbocycles. The Morgan fingerprint density at radius 1 is 1.08 bits per heavy atom. The summed E-state index contributed by atoms with van der Waals surface area (Å²) in [4.78, 5) is 27.4. The van der Waals surface area contributed by atoms with E-state index in [2.05, 4.69) is 31.2 Å². The Labute approximate surface area is 210 Å². The Morgan fingerprint density at radius 3 is 2.89 bits per heavy atom. The lowest BCUT2D eigenvalue weighted by molar-refractivity contribution is -0.122. The normalized spacial score (nSPS) is 14.8. The molecule has 0 atom stereocenters. The maximum Gasteiger partial charge on any atom is 0.234 e. The van der Waals surface area contributed by atoms with Gasteiger partial charge in [0.15, 0.2) is 11.5 Å². The van der Waals surface area contributed by atoms with Crippen LogP contribution in [0, 0.1) is 6.92 Å². The van der Waals surface area contributed by atoms with Crippen LogP contribution in [0.1, 0.15) is 36.2 Å². The molecule has 3 heterocycles. The van der Waals surface area contributed by atoms with Crippen molar-refractivity contribution in [3.63, 3.8) is 0 Å². The number of aromatic nitrogens is 3. The number of rotatable bonds is 4. The van der Waals surface area contributed by atoms with Gasteiger partial charge in [-0.1, -0.05) is 24.3 Å². The van der Waals surface area contributed by atoms with Crippen LogP contribution in [-0.2, 0) is 17.9 Å². The Bertz CT molecular complexity index is 1340. The number of carbonyl (C=O) groups excluding carboxylic acids is 1. The molecular formula is C28H31N5O3. The zero-order valence-corrected chi connectivity index (χ0v) is 20.5. The molecule has 0 saturated carbocycles. The fourth-order valence-electron chi connectivity index (χ4n) is 4.35. The average Bonchev–Trinajstić information content (AvgIpc) is 3.29. The molecule has 2 aromatic heterocycles. The Hall–Kier alpha value is -3.91. The van der Waals surface area contributed by atoms with Gasteiger partial charge in [-0.3, -0.25) is 9.69 Å². The highest BCUT2D eigenvalue weighted by molar-refractivity contribution is 5.78. The van der Waals surface area contributed by atoms with E-state index in [0.717, 1.165) is 48.2 Å². The third-order valence-electron chi connectivity index (χ3n) is 6.18. The third-order valence-corrected chi connectivity index (χ3v) is 6.18. The molecule has 186 valence electrons. The molecule has 4 aromatic rings. The van der Waals surface area contributed by atoms with Crippen molar-refractivity contribution in [3.8, 4) is 17.4 Å². The molecule has 5 rings (SSSR count). The summed E-state index contributed by atoms with van der Waals surface area (Å²) < 4.78 is 12.1. The number of ether oxygens (including phenoxy) is 2. The van der Waals surface area contributed by atoms with Crippen LogP contribution in [0.2, 0.25) is 0 Å². The molecule has 1 amide bonds. The van der Waals surface area contributed by atoms with Crippen LogP contribution >= 0.6 is 0 Å². The summed E-state index contributed by atoms with van der Waals surface area (Å²) >= 11 is 0. The number of H-pyrrole nitrogens is 1. The van der Waals surface area contributed by atoms with Gasteiger partial charge in [0.25, 0.3) is 0 Å². The molecule has 0 spiro atoms. The molecule has 0 radical (unpaired) electrons. The quantitative estimate of drug-likeness (QED) is 0.434. The molecule has 0 saturated heterocycles. The van der Waals surface area contributed by atoms with Crippen LogP contribution in [-0.4, -0.2) is 45.5 Å². The van der Waals surface area contributed by atoms with E-state index in [1.165, 1.54) is 5.56 Å². The number of nitrogens with one attached hydrogen (secondary N) is 2. The number of imidazole rings is 1. The number of aromatic amines is 1. The maximum absolute atomic E-state index is 12.9. The fourth-order valence-corrected chi connectivity index (χ4v) is 4.35. The predicted octanol–water partition coefficient (Wildman–Crippen LogP) is 4.74. The number of amides is 1. The van der Waals surface area contributed by atoms with E-state index >= 15 is 0 Å². The van der Waals surface area contributed by atoms with Crippen LogP contribution in [0.15, 0.2) is 60.8 Å². The number of aryl methyl sites for hydroxylation is 1. The number of fused-ring (bicyclic) bond motifs is 3. The molecule has 0 fully saturated rings. The lowest BCUT2D eigenvalue weighted by Gasteiger charge is -2.22. The summed E-state index contributed by atoms with van der Waals surface area (Å²) in [7, 11) is 0. The van der Waals surface area contributed by atoms with Gasteiger partial charge in [-0.2, -0.15) is 0 Å². The predicted molar refractivity (Wildman–Crippen MR) is 138 cm³/mol. The van der Waals surface area contributed by atoms with Crippen LogP contribution in [0.4, 0.5) is 0 Å². The van der Waals surface area contributed by atoms with Crippen molar-refractivity contribution >= 4 is 16.9 Å². The second-order valence-electron chi connectivity index (χ2n) is 9.12. The van der Waals surface area contributed by atoms with Crippen molar-refractivity contribution in [2.24, 2.45) is 0 Å². The van der Waals surface area contributed by atoms with Crippen molar-refractivity contribution in [2.45, 2.75) is 39.3 Å². The summed E-state index contributed by atoms with van der Waals surface area (Å²) in [5.41, 5.74) is 3.97. The first kappa shape index (κ1) is 23.8. The number of pyridine rings is 1. The van der Waals surface area contributed by atoms with Crippen molar-refractivity contribution in [3.05, 3.63) is 77.7 Å². The van der Waals surface area contributed by atoms with Gasteiger partial charge >= 0.3 is 0 Å². The number of carbonyl (C=O) groups is 1. The van der Waals surface area contributed by atoms with Crippen LogP contribution < -0.4 is 14.8 Å². The molecule has 1 aliphatic rings. The zero-order chi connectivity index (χ0) is 24.7. The number of hydrogen-bond donors (Lipinski definition) is 2. The standard InChI is InChI=1S/C28H31N5O3/c1-20-11-12-22-23(16-20)32-26(31-22)17-30-27(34)19-33-14-5-2-6-15-35-24-9-3-4-10-25(24)36-28-21(18-33)8-7-13-29-28/h3-4,7-13,16H,2,5-6,14-15,17-19H2,1H3,(H,30,34)(H,31,32). The summed E-state index contributed by atoms with van der Waals surface area (Å²) in [5.74, 6) is 2.58. The van der Waals surface area contributed by atoms with Gasteiger partial charge in [0, 0.05) is 18.3 Å². The molecule has 8 heteroatoms. The fraction of sp³-hybridized carbons (Fsp3) is 0.321. The van der Waals surface area contributed by atoms with Gasteiger partial charge in [0.1, 0.15) is 5.82 Å². The average molecular weight is 486 g/mol.